The molecule has 0 bridgehead atoms. The summed E-state index contributed by atoms with van der Waals surface area (Å²) in [5.74, 6) is -0.425. The number of nitrogens with two attached hydrogens (primary N) is 1. The monoisotopic (exact) mass is 272 g/mol. The van der Waals surface area contributed by atoms with Crippen LogP contribution in [0.1, 0.15) is 58.8 Å². The van der Waals surface area contributed by atoms with Crippen molar-refractivity contribution in [2.24, 2.45) is 11.7 Å². The molecule has 0 saturated carbocycles. The number of carboxylic acid groups (broad SMARTS) is 1. The number of aliphatic carboxylic acids is 1. The summed E-state index contributed by atoms with van der Waals surface area (Å²) in [7, 11) is 0. The number of hydrogen-bond acceptors (Lipinski definition) is 3. The Labute approximate surface area is 115 Å². The third-order valence-electron chi connectivity index (χ3n) is 3.33. The predicted molar refractivity (Wildman–Crippen MR) is 75.8 cm³/mol. The molecule has 0 aromatic carbocycles. The van der Waals surface area contributed by atoms with Gasteiger partial charge in [0.15, 0.2) is 0 Å². The van der Waals surface area contributed by atoms with Crippen LogP contribution in [0.3, 0.4) is 0 Å². The molecule has 0 rings (SSSR count). The number of rotatable bonds is 11. The molecule has 1 amide bonds. The first-order valence-corrected chi connectivity index (χ1v) is 7.24. The fourth-order valence-corrected chi connectivity index (χ4v) is 2.22. The molecule has 0 spiro atoms. The van der Waals surface area contributed by atoms with Crippen LogP contribution in [-0.2, 0) is 9.59 Å². The third-order valence-corrected chi connectivity index (χ3v) is 3.33. The Bertz CT molecular complexity index is 263. The molecule has 0 radical (unpaired) electrons. The number of carbonyl (C=O) groups is 2. The van der Waals surface area contributed by atoms with Gasteiger partial charge in [-0.1, -0.05) is 26.7 Å². The van der Waals surface area contributed by atoms with Crippen LogP contribution < -0.4 is 11.1 Å². The van der Waals surface area contributed by atoms with Crippen molar-refractivity contribution in [3.05, 3.63) is 0 Å². The number of hydrogen-bond donors (Lipinski definition) is 3. The van der Waals surface area contributed by atoms with Gasteiger partial charge in [-0.2, -0.15) is 0 Å². The first kappa shape index (κ1) is 17.9. The van der Waals surface area contributed by atoms with Gasteiger partial charge < -0.3 is 16.2 Å². The summed E-state index contributed by atoms with van der Waals surface area (Å²) in [6.45, 7) is 4.66. The van der Waals surface area contributed by atoms with E-state index in [0.29, 0.717) is 25.3 Å². The van der Waals surface area contributed by atoms with Crippen LogP contribution in [0.25, 0.3) is 0 Å². The summed E-state index contributed by atoms with van der Waals surface area (Å²) in [5.41, 5.74) is 5.56. The Morgan fingerprint density at radius 1 is 1.21 bits per heavy atom. The van der Waals surface area contributed by atoms with E-state index in [0.717, 1.165) is 25.7 Å². The molecule has 2 unspecified atom stereocenters. The van der Waals surface area contributed by atoms with Crippen molar-refractivity contribution in [2.45, 2.75) is 64.8 Å². The van der Waals surface area contributed by atoms with Gasteiger partial charge in [0.2, 0.25) is 5.91 Å². The summed E-state index contributed by atoms with van der Waals surface area (Å²) >= 11 is 0. The second-order valence-electron chi connectivity index (χ2n) is 5.04. The highest BCUT2D eigenvalue weighted by Gasteiger charge is 2.15. The fourth-order valence-electron chi connectivity index (χ4n) is 2.22. The average Bonchev–Trinajstić information content (AvgIpc) is 2.35. The summed E-state index contributed by atoms with van der Waals surface area (Å²) in [5, 5.41) is 11.5. The first-order chi connectivity index (χ1) is 9.03. The number of carbonyl (C=O) groups excluding carboxylic acids is 1. The Balaban J connectivity index is 4.03. The molecule has 5 nitrogen and oxygen atoms in total. The predicted octanol–water partition coefficient (Wildman–Crippen LogP) is 1.90. The van der Waals surface area contributed by atoms with Crippen molar-refractivity contribution in [3.8, 4) is 0 Å². The summed E-state index contributed by atoms with van der Waals surface area (Å²) in [4.78, 5) is 22.4. The maximum atomic E-state index is 11.8. The van der Waals surface area contributed by atoms with E-state index >= 15 is 0 Å². The van der Waals surface area contributed by atoms with E-state index in [2.05, 4.69) is 12.2 Å². The maximum absolute atomic E-state index is 11.8. The minimum Gasteiger partial charge on any atom is -0.481 e. The highest BCUT2D eigenvalue weighted by Crippen LogP contribution is 2.17. The molecule has 0 saturated heterocycles. The van der Waals surface area contributed by atoms with Gasteiger partial charge in [-0.25, -0.2) is 0 Å². The van der Waals surface area contributed by atoms with E-state index in [1.54, 1.807) is 0 Å². The topological polar surface area (TPSA) is 92.4 Å². The molecule has 0 fully saturated rings. The van der Waals surface area contributed by atoms with Gasteiger partial charge in [0.05, 0.1) is 6.42 Å². The van der Waals surface area contributed by atoms with Gasteiger partial charge in [0.25, 0.3) is 0 Å². The Kier molecular flexibility index (Phi) is 10.2. The first-order valence-electron chi connectivity index (χ1n) is 7.24. The molecule has 0 aliphatic carbocycles. The van der Waals surface area contributed by atoms with E-state index < -0.39 is 5.97 Å². The fraction of sp³-hybridized carbons (Fsp3) is 0.857. The lowest BCUT2D eigenvalue weighted by Gasteiger charge is -2.17. The molecule has 0 aromatic rings. The van der Waals surface area contributed by atoms with Crippen LogP contribution in [0.4, 0.5) is 0 Å². The van der Waals surface area contributed by atoms with E-state index in [1.807, 2.05) is 6.92 Å². The maximum Gasteiger partial charge on any atom is 0.305 e. The molecular weight excluding hydrogens is 244 g/mol. The van der Waals surface area contributed by atoms with E-state index in [4.69, 9.17) is 10.8 Å². The van der Waals surface area contributed by atoms with E-state index in [-0.39, 0.29) is 18.4 Å². The van der Waals surface area contributed by atoms with E-state index in [9.17, 15) is 9.59 Å². The zero-order chi connectivity index (χ0) is 14.7. The lowest BCUT2D eigenvalue weighted by molar-refractivity contribution is -0.137. The van der Waals surface area contributed by atoms with Gasteiger partial charge in [0.1, 0.15) is 0 Å². The van der Waals surface area contributed by atoms with Crippen LogP contribution in [0.15, 0.2) is 0 Å². The minimum atomic E-state index is -0.876. The van der Waals surface area contributed by atoms with Gasteiger partial charge in [-0.05, 0) is 31.7 Å². The smallest absolute Gasteiger partial charge is 0.305 e. The summed E-state index contributed by atoms with van der Waals surface area (Å²) < 4.78 is 0. The number of carboxylic acids is 1. The van der Waals surface area contributed by atoms with Crippen LogP contribution in [0.2, 0.25) is 0 Å². The normalized spacial score (nSPS) is 13.8. The molecule has 0 heterocycles. The number of nitrogens with one attached hydrogen (secondary N) is 1. The number of amides is 1. The van der Waals surface area contributed by atoms with Crippen molar-refractivity contribution in [3.63, 3.8) is 0 Å². The molecule has 4 N–H and O–H groups in total. The van der Waals surface area contributed by atoms with E-state index in [1.165, 1.54) is 0 Å². The van der Waals surface area contributed by atoms with Gasteiger partial charge >= 0.3 is 5.97 Å². The minimum absolute atomic E-state index is 0.0105. The lowest BCUT2D eigenvalue weighted by Crippen LogP contribution is -2.36. The molecule has 112 valence electrons. The molecule has 19 heavy (non-hydrogen) atoms. The zero-order valence-electron chi connectivity index (χ0n) is 12.2. The van der Waals surface area contributed by atoms with Crippen LogP contribution in [0.5, 0.6) is 0 Å². The second kappa shape index (κ2) is 10.8. The molecule has 0 aliphatic heterocycles. The van der Waals surface area contributed by atoms with Gasteiger partial charge in [-0.3, -0.25) is 9.59 Å². The quantitative estimate of drug-likeness (QED) is 0.535. The van der Waals surface area contributed by atoms with Crippen LogP contribution in [-0.4, -0.2) is 29.6 Å². The SMILES string of the molecule is CCCC(CCN)CCC(=O)NC(CC)CC(=O)O. The Hall–Kier alpha value is -1.10. The second-order valence-corrected chi connectivity index (χ2v) is 5.04. The molecule has 5 heteroatoms. The highest BCUT2D eigenvalue weighted by atomic mass is 16.4. The van der Waals surface area contributed by atoms with Crippen LogP contribution in [0, 0.1) is 5.92 Å². The highest BCUT2D eigenvalue weighted by molar-refractivity contribution is 5.77. The van der Waals surface area contributed by atoms with Crippen molar-refractivity contribution in [1.29, 1.82) is 0 Å². The van der Waals surface area contributed by atoms with Crippen molar-refractivity contribution in [2.75, 3.05) is 6.54 Å². The summed E-state index contributed by atoms with van der Waals surface area (Å²) in [6, 6.07) is -0.260. The molecule has 2 atom stereocenters. The van der Waals surface area contributed by atoms with Gasteiger partial charge in [-0.15, -0.1) is 0 Å². The molecule has 0 aliphatic rings. The Morgan fingerprint density at radius 3 is 2.37 bits per heavy atom. The van der Waals surface area contributed by atoms with Crippen molar-refractivity contribution < 1.29 is 14.7 Å². The molecular formula is C14H28N2O3. The largest absolute Gasteiger partial charge is 0.481 e. The third kappa shape index (κ3) is 9.47. The Morgan fingerprint density at radius 2 is 1.89 bits per heavy atom. The summed E-state index contributed by atoms with van der Waals surface area (Å²) in [6.07, 6.45) is 5.07. The van der Waals surface area contributed by atoms with Crippen LogP contribution >= 0.6 is 0 Å². The average molecular weight is 272 g/mol. The standard InChI is InChI=1S/C14H28N2O3/c1-3-5-11(8-9-15)6-7-13(17)16-12(4-2)10-14(18)19/h11-12H,3-10,15H2,1-2H3,(H,16,17)(H,18,19). The van der Waals surface area contributed by atoms with Gasteiger partial charge in [0, 0.05) is 12.5 Å². The zero-order valence-corrected chi connectivity index (χ0v) is 12.2. The van der Waals surface area contributed by atoms with Crippen molar-refractivity contribution in [1.82, 2.24) is 5.32 Å². The molecule has 0 aromatic heterocycles. The van der Waals surface area contributed by atoms with Crippen molar-refractivity contribution >= 4 is 11.9 Å². The lowest BCUT2D eigenvalue weighted by atomic mass is 9.94.